The van der Waals surface area contributed by atoms with Crippen molar-refractivity contribution in [3.8, 4) is 56.3 Å². The Morgan fingerprint density at radius 3 is 1.11 bits per heavy atom. The van der Waals surface area contributed by atoms with Gasteiger partial charge in [0, 0.05) is 61.2 Å². The summed E-state index contributed by atoms with van der Waals surface area (Å²) >= 11 is 0. The first-order valence-corrected chi connectivity index (χ1v) is 33.8. The minimum Gasteiger partial charge on any atom is -0.248 e. The van der Waals surface area contributed by atoms with Gasteiger partial charge in [0.15, 0.2) is 0 Å². The summed E-state index contributed by atoms with van der Waals surface area (Å²) in [5.74, 6) is 0. The maximum absolute atomic E-state index is 12.4. The minimum absolute atomic E-state index is 0.0189. The van der Waals surface area contributed by atoms with Crippen molar-refractivity contribution in [1.82, 2.24) is 24.9 Å². The van der Waals surface area contributed by atoms with E-state index in [1.165, 1.54) is 105 Å². The maximum Gasteiger partial charge on any atom is 0.389 e. The molecule has 5 aromatic heterocycles. The van der Waals surface area contributed by atoms with E-state index in [9.17, 15) is 13.2 Å². The zero-order valence-corrected chi connectivity index (χ0v) is 59.0. The average molecular weight is 1300 g/mol. The Balaban J connectivity index is 0.000000125. The number of nitrogens with zero attached hydrogens (tertiary/aromatic N) is 5. The van der Waals surface area contributed by atoms with Gasteiger partial charge in [0.2, 0.25) is 0 Å². The first-order chi connectivity index (χ1) is 47.5. The highest BCUT2D eigenvalue weighted by atomic mass is 19.4. The van der Waals surface area contributed by atoms with Crippen molar-refractivity contribution < 1.29 is 13.2 Å². The Morgan fingerprint density at radius 1 is 0.253 bits per heavy atom. The van der Waals surface area contributed by atoms with Gasteiger partial charge in [-0.15, -0.1) is 0 Å². The van der Waals surface area contributed by atoms with Crippen molar-refractivity contribution in [2.45, 2.75) is 109 Å². The highest BCUT2D eigenvalue weighted by molar-refractivity contribution is 5.91. The number of aromatic nitrogens is 5. The van der Waals surface area contributed by atoms with E-state index < -0.39 is 12.6 Å². The number of hydrogen-bond acceptors (Lipinski definition) is 5. The van der Waals surface area contributed by atoms with Crippen LogP contribution in [0, 0.1) is 90.0 Å². The van der Waals surface area contributed by atoms with Crippen molar-refractivity contribution in [1.29, 1.82) is 0 Å². The summed E-state index contributed by atoms with van der Waals surface area (Å²) in [6, 6.07) is 85.3. The third-order valence-corrected chi connectivity index (χ3v) is 17.8. The second-order valence-electron chi connectivity index (χ2n) is 26.4. The molecule has 0 aliphatic carbocycles. The molecule has 8 heteroatoms. The van der Waals surface area contributed by atoms with Crippen LogP contribution >= 0.6 is 0 Å². The largest absolute Gasteiger partial charge is 0.389 e. The Kier molecular flexibility index (Phi) is 21.5. The van der Waals surface area contributed by atoms with E-state index in [-0.39, 0.29) is 6.42 Å². The van der Waals surface area contributed by atoms with Crippen LogP contribution in [0.5, 0.6) is 0 Å². The fourth-order valence-electron chi connectivity index (χ4n) is 13.2. The lowest BCUT2D eigenvalue weighted by Crippen LogP contribution is -2.08. The summed E-state index contributed by atoms with van der Waals surface area (Å²) in [6.07, 6.45) is -4.96. The highest BCUT2D eigenvalue weighted by Crippen LogP contribution is 2.33. The van der Waals surface area contributed by atoms with Gasteiger partial charge in [0.05, 0.1) is 56.1 Å². The summed E-state index contributed by atoms with van der Waals surface area (Å²) in [5, 5.41) is 6.00. The molecule has 99 heavy (non-hydrogen) atoms. The molecule has 5 nitrogen and oxygen atoms in total. The summed E-state index contributed by atoms with van der Waals surface area (Å²) in [5.41, 5.74) is 32.9. The van der Waals surface area contributed by atoms with Gasteiger partial charge in [-0.3, -0.25) is 0 Å². The molecule has 0 spiro atoms. The molecule has 0 aliphatic rings. The first kappa shape index (κ1) is 69.4. The van der Waals surface area contributed by atoms with Crippen LogP contribution in [-0.4, -0.2) is 31.1 Å². The number of rotatable bonds is 7. The average Bonchev–Trinajstić information content (AvgIpc) is 0.816. The van der Waals surface area contributed by atoms with Crippen LogP contribution in [-0.2, 0) is 6.42 Å². The van der Waals surface area contributed by atoms with E-state index in [1.54, 1.807) is 12.1 Å². The molecule has 0 saturated heterocycles. The zero-order valence-electron chi connectivity index (χ0n) is 59.0. The summed E-state index contributed by atoms with van der Waals surface area (Å²) in [4.78, 5) is 23.8. The number of benzene rings is 10. The topological polar surface area (TPSA) is 64.5 Å². The van der Waals surface area contributed by atoms with Crippen LogP contribution in [0.1, 0.15) is 84.3 Å². The number of pyridine rings is 5. The van der Waals surface area contributed by atoms with Crippen LogP contribution < -0.4 is 0 Å². The van der Waals surface area contributed by atoms with Crippen molar-refractivity contribution in [2.24, 2.45) is 0 Å². The lowest BCUT2D eigenvalue weighted by atomic mass is 10.00. The molecule has 15 aromatic rings. The standard InChI is InChI=1S/C20H18F3N.C19H19N.C18H17N.2C17H15N/c1-13-9-14(2)11-17(10-13)18-6-5-16-4-3-15(12-19(16)24-18)7-8-20(21,22)23;1-12-8-13(2)10-16(9-12)18-11-15(4)19-14(3)6-5-7-17(19)20-18;1-12-6-4-8-15(10-12)17-11-14(3)18-13(2)7-5-9-16(18)19-17;1-12-7-6-10-15-17(12)13(2)11-16(18-15)14-8-4-3-5-9-14;1-12-8-9-16-15(10-12)13(2)11-17(18-16)14-6-4-3-5-7-14/h3-6,9-12H,7-8H2,1-2H3;5-11H,1-4H3;4-11H,1-3H3;2*3-11H,1-2H3. The molecular formula is C91H84F3N5. The van der Waals surface area contributed by atoms with Gasteiger partial charge in [-0.1, -0.05) is 185 Å². The summed E-state index contributed by atoms with van der Waals surface area (Å²) in [6.45, 7) is 27.6. The first-order valence-electron chi connectivity index (χ1n) is 33.8. The van der Waals surface area contributed by atoms with Crippen LogP contribution in [0.3, 0.4) is 0 Å². The van der Waals surface area contributed by atoms with E-state index >= 15 is 0 Å². The number of fused-ring (bicyclic) bond motifs is 5. The van der Waals surface area contributed by atoms with Gasteiger partial charge in [0.1, 0.15) is 0 Å². The number of hydrogen-bond donors (Lipinski definition) is 0. The third kappa shape index (κ3) is 17.4. The Labute approximate surface area is 581 Å². The summed E-state index contributed by atoms with van der Waals surface area (Å²) in [7, 11) is 0. The fourth-order valence-corrected chi connectivity index (χ4v) is 13.2. The van der Waals surface area contributed by atoms with E-state index in [0.717, 1.165) is 78.1 Å². The van der Waals surface area contributed by atoms with Crippen LogP contribution in [0.25, 0.3) is 111 Å². The molecular weight excluding hydrogens is 1220 g/mol. The number of alkyl halides is 3. The third-order valence-electron chi connectivity index (χ3n) is 17.8. The molecule has 0 atom stereocenters. The lowest BCUT2D eigenvalue weighted by Gasteiger charge is -2.10. The molecule has 10 aromatic carbocycles. The van der Waals surface area contributed by atoms with Gasteiger partial charge in [-0.25, -0.2) is 24.9 Å². The number of halogens is 3. The molecule has 15 rings (SSSR count). The van der Waals surface area contributed by atoms with E-state index in [2.05, 4.69) is 263 Å². The second kappa shape index (κ2) is 30.6. The van der Waals surface area contributed by atoms with Gasteiger partial charge in [-0.05, 0) is 238 Å². The predicted octanol–water partition coefficient (Wildman–Crippen LogP) is 25.0. The van der Waals surface area contributed by atoms with E-state index in [4.69, 9.17) is 19.9 Å². The monoisotopic (exact) mass is 1300 g/mol. The van der Waals surface area contributed by atoms with Crippen LogP contribution in [0.4, 0.5) is 13.2 Å². The highest BCUT2D eigenvalue weighted by Gasteiger charge is 2.26. The molecule has 5 heterocycles. The molecule has 0 fully saturated rings. The van der Waals surface area contributed by atoms with Crippen molar-refractivity contribution >= 4 is 54.5 Å². The molecule has 0 saturated carbocycles. The molecule has 0 amide bonds. The molecule has 0 unspecified atom stereocenters. The van der Waals surface area contributed by atoms with Gasteiger partial charge >= 0.3 is 6.18 Å². The van der Waals surface area contributed by atoms with E-state index in [0.29, 0.717) is 5.56 Å². The Bertz CT molecular complexity index is 5370. The molecule has 0 radical (unpaired) electrons. The molecule has 0 N–H and O–H groups in total. The normalized spacial score (nSPS) is 11.1. The van der Waals surface area contributed by atoms with Crippen molar-refractivity contribution in [2.75, 3.05) is 0 Å². The number of aryl methyl sites for hydroxylation is 14. The fraction of sp³-hybridized carbons (Fsp3) is 0.176. The van der Waals surface area contributed by atoms with Gasteiger partial charge < -0.3 is 0 Å². The second-order valence-corrected chi connectivity index (χ2v) is 26.4. The quantitative estimate of drug-likeness (QED) is 0.159. The SMILES string of the molecule is Cc1cc(C)cc(-c2cc(C)c3c(C)cccc3n2)c1.Cc1cc(C)cc(-c2ccc3ccc(CCC(F)(F)F)cc3n2)c1.Cc1ccc2nc(-c3ccccc3)cc(C)c2c1.Cc1cccc(-c2cc(C)c3c(C)cccc3n2)c1.Cc1cccc2nc(-c3ccccc3)cc(C)c12. The zero-order chi connectivity index (χ0) is 70.1. The predicted molar refractivity (Wildman–Crippen MR) is 412 cm³/mol. The molecule has 494 valence electrons. The summed E-state index contributed by atoms with van der Waals surface area (Å²) < 4.78 is 37.2. The Morgan fingerprint density at radius 2 is 0.636 bits per heavy atom. The van der Waals surface area contributed by atoms with E-state index in [1.807, 2.05) is 68.4 Å². The molecule has 0 aliphatic heterocycles. The maximum atomic E-state index is 12.4. The molecule has 0 bridgehead atoms. The minimum atomic E-state index is -4.14. The van der Waals surface area contributed by atoms with Crippen molar-refractivity contribution in [3.05, 3.63) is 327 Å². The van der Waals surface area contributed by atoms with Gasteiger partial charge in [-0.2, -0.15) is 13.2 Å². The van der Waals surface area contributed by atoms with Crippen LogP contribution in [0.2, 0.25) is 0 Å². The van der Waals surface area contributed by atoms with Crippen LogP contribution in [0.15, 0.2) is 249 Å². The van der Waals surface area contributed by atoms with Crippen molar-refractivity contribution in [3.63, 3.8) is 0 Å². The lowest BCUT2D eigenvalue weighted by molar-refractivity contribution is -0.134. The van der Waals surface area contributed by atoms with Gasteiger partial charge in [0.25, 0.3) is 0 Å². The smallest absolute Gasteiger partial charge is 0.248 e. The Hall–Kier alpha value is -11.0.